The molecule has 2 heterocycles. The molecule has 0 bridgehead atoms. The highest BCUT2D eigenvalue weighted by Gasteiger charge is 2.37. The van der Waals surface area contributed by atoms with Crippen LogP contribution in [0.25, 0.3) is 0 Å². The summed E-state index contributed by atoms with van der Waals surface area (Å²) in [4.78, 5) is 12.5. The monoisotopic (exact) mass is 384 g/mol. The number of methoxy groups -OCH3 is 1. The first kappa shape index (κ1) is 18.4. The number of urea groups is 1. The molecule has 7 nitrogen and oxygen atoms in total. The van der Waals surface area contributed by atoms with Crippen molar-refractivity contribution in [3.63, 3.8) is 0 Å². The summed E-state index contributed by atoms with van der Waals surface area (Å²) in [5.74, 6) is 2.15. The summed E-state index contributed by atoms with van der Waals surface area (Å²) in [7, 11) is 1.67. The maximum atomic E-state index is 12.5. The number of carbonyl (C=O) groups excluding carboxylic acids is 1. The number of fused-ring (bicyclic) bond motifs is 1. The molecule has 2 aliphatic rings. The number of hydrogen-bond acceptors (Lipinski definition) is 5. The molecule has 1 fully saturated rings. The summed E-state index contributed by atoms with van der Waals surface area (Å²) in [5.41, 5.74) is 1.53. The molecule has 0 unspecified atom stereocenters. The quantitative estimate of drug-likeness (QED) is 0.827. The molecule has 0 spiro atoms. The van der Waals surface area contributed by atoms with Crippen LogP contribution in [-0.2, 0) is 10.2 Å². The number of hydrogen-bond donors (Lipinski definition) is 2. The van der Waals surface area contributed by atoms with Crippen LogP contribution in [0.1, 0.15) is 18.4 Å². The molecule has 0 aliphatic carbocycles. The first-order valence-corrected chi connectivity index (χ1v) is 9.36. The average Bonchev–Trinajstić information content (AvgIpc) is 3.21. The first-order valence-electron chi connectivity index (χ1n) is 9.36. The van der Waals surface area contributed by atoms with Gasteiger partial charge in [0.2, 0.25) is 6.79 Å². The second-order valence-electron chi connectivity index (χ2n) is 6.97. The second kappa shape index (κ2) is 7.98. The number of ether oxygens (including phenoxy) is 4. The van der Waals surface area contributed by atoms with Gasteiger partial charge in [0.1, 0.15) is 5.75 Å². The summed E-state index contributed by atoms with van der Waals surface area (Å²) in [6.45, 7) is 2.01. The Hall–Kier alpha value is -2.93. The standard InChI is InChI=1S/C21H24N2O5/c1-25-17-5-3-2-4-16(17)21(8-10-26-11-9-21)13-22-20(24)23-15-6-7-18-19(12-15)28-14-27-18/h2-7,12H,8-11,13-14H2,1H3,(H2,22,23,24). The molecule has 2 aromatic carbocycles. The van der Waals surface area contributed by atoms with E-state index < -0.39 is 0 Å². The van der Waals surface area contributed by atoms with E-state index in [1.54, 1.807) is 25.3 Å². The van der Waals surface area contributed by atoms with Crippen LogP contribution in [0.2, 0.25) is 0 Å². The summed E-state index contributed by atoms with van der Waals surface area (Å²) in [6, 6.07) is 13.0. The highest BCUT2D eigenvalue weighted by molar-refractivity contribution is 5.89. The van der Waals surface area contributed by atoms with E-state index in [4.69, 9.17) is 18.9 Å². The SMILES string of the molecule is COc1ccccc1C1(CNC(=O)Nc2ccc3c(c2)OCO3)CCOCC1. The lowest BCUT2D eigenvalue weighted by Gasteiger charge is -2.38. The fourth-order valence-electron chi connectivity index (χ4n) is 3.79. The van der Waals surface area contributed by atoms with Crippen LogP contribution in [0.5, 0.6) is 17.2 Å². The van der Waals surface area contributed by atoms with Crippen molar-refractivity contribution in [2.45, 2.75) is 18.3 Å². The Labute approximate surface area is 163 Å². The predicted molar refractivity (Wildman–Crippen MR) is 104 cm³/mol. The molecule has 2 N–H and O–H groups in total. The Kier molecular flexibility index (Phi) is 5.25. The first-order chi connectivity index (χ1) is 13.7. The number of para-hydroxylation sites is 1. The molecule has 148 valence electrons. The number of nitrogens with one attached hydrogen (secondary N) is 2. The van der Waals surface area contributed by atoms with Crippen LogP contribution in [0.15, 0.2) is 42.5 Å². The minimum Gasteiger partial charge on any atom is -0.496 e. The number of rotatable bonds is 5. The van der Waals surface area contributed by atoms with Gasteiger partial charge in [-0.15, -0.1) is 0 Å². The third-order valence-corrected chi connectivity index (χ3v) is 5.35. The van der Waals surface area contributed by atoms with Crippen LogP contribution >= 0.6 is 0 Å². The van der Waals surface area contributed by atoms with Gasteiger partial charge < -0.3 is 29.6 Å². The van der Waals surface area contributed by atoms with Crippen molar-refractivity contribution < 1.29 is 23.7 Å². The van der Waals surface area contributed by atoms with Gasteiger partial charge in [0.15, 0.2) is 11.5 Å². The molecule has 2 aliphatic heterocycles. The fourth-order valence-corrected chi connectivity index (χ4v) is 3.79. The van der Waals surface area contributed by atoms with E-state index in [2.05, 4.69) is 16.7 Å². The predicted octanol–water partition coefficient (Wildman–Crippen LogP) is 3.29. The summed E-state index contributed by atoms with van der Waals surface area (Å²) >= 11 is 0. The molecule has 0 radical (unpaired) electrons. The Morgan fingerprint density at radius 2 is 1.89 bits per heavy atom. The van der Waals surface area contributed by atoms with Crippen LogP contribution in [0, 0.1) is 0 Å². The van der Waals surface area contributed by atoms with Crippen molar-refractivity contribution in [3.8, 4) is 17.2 Å². The fraction of sp³-hybridized carbons (Fsp3) is 0.381. The van der Waals surface area contributed by atoms with Crippen molar-refractivity contribution in [3.05, 3.63) is 48.0 Å². The van der Waals surface area contributed by atoms with Gasteiger partial charge in [0.25, 0.3) is 0 Å². The number of carbonyl (C=O) groups is 1. The highest BCUT2D eigenvalue weighted by Crippen LogP contribution is 2.39. The molecule has 2 amide bonds. The molecule has 7 heteroatoms. The number of anilines is 1. The Morgan fingerprint density at radius 3 is 2.71 bits per heavy atom. The normalized spacial score (nSPS) is 17.0. The largest absolute Gasteiger partial charge is 0.496 e. The molecule has 4 rings (SSSR count). The van der Waals surface area contributed by atoms with Crippen LogP contribution in [0.3, 0.4) is 0 Å². The summed E-state index contributed by atoms with van der Waals surface area (Å²) < 4.78 is 21.8. The summed E-state index contributed by atoms with van der Waals surface area (Å²) in [6.07, 6.45) is 1.63. The van der Waals surface area contributed by atoms with E-state index in [1.165, 1.54) is 0 Å². The van der Waals surface area contributed by atoms with Crippen LogP contribution in [-0.4, -0.2) is 39.7 Å². The van der Waals surface area contributed by atoms with Crippen molar-refractivity contribution in [1.29, 1.82) is 0 Å². The Balaban J connectivity index is 1.46. The smallest absolute Gasteiger partial charge is 0.319 e. The van der Waals surface area contributed by atoms with Gasteiger partial charge in [0.05, 0.1) is 7.11 Å². The molecule has 0 atom stereocenters. The van der Waals surface area contributed by atoms with Gasteiger partial charge in [-0.3, -0.25) is 0 Å². The van der Waals surface area contributed by atoms with Crippen LogP contribution in [0.4, 0.5) is 10.5 Å². The molecular weight excluding hydrogens is 360 g/mol. The van der Waals surface area contributed by atoms with E-state index in [9.17, 15) is 4.79 Å². The highest BCUT2D eigenvalue weighted by atomic mass is 16.7. The maximum Gasteiger partial charge on any atom is 0.319 e. The molecule has 2 aromatic rings. The lowest BCUT2D eigenvalue weighted by Crippen LogP contribution is -2.45. The third kappa shape index (κ3) is 3.71. The van der Waals surface area contributed by atoms with E-state index in [1.807, 2.05) is 18.2 Å². The van der Waals surface area contributed by atoms with Gasteiger partial charge in [-0.05, 0) is 31.0 Å². The summed E-state index contributed by atoms with van der Waals surface area (Å²) in [5, 5.41) is 5.89. The molecule has 28 heavy (non-hydrogen) atoms. The van der Waals surface area contributed by atoms with E-state index in [-0.39, 0.29) is 18.2 Å². The minimum absolute atomic E-state index is 0.203. The van der Waals surface area contributed by atoms with Crippen molar-refractivity contribution >= 4 is 11.7 Å². The van der Waals surface area contributed by atoms with Crippen molar-refractivity contribution in [2.24, 2.45) is 0 Å². The maximum absolute atomic E-state index is 12.5. The van der Waals surface area contributed by atoms with Gasteiger partial charge in [-0.2, -0.15) is 0 Å². The van der Waals surface area contributed by atoms with Crippen LogP contribution < -0.4 is 24.8 Å². The van der Waals surface area contributed by atoms with E-state index in [0.29, 0.717) is 36.9 Å². The zero-order chi connectivity index (χ0) is 19.4. The van der Waals surface area contributed by atoms with E-state index >= 15 is 0 Å². The Morgan fingerprint density at radius 1 is 1.11 bits per heavy atom. The van der Waals surface area contributed by atoms with Gasteiger partial charge in [0, 0.05) is 42.5 Å². The Bertz CT molecular complexity index is 848. The molecule has 0 aromatic heterocycles. The molecular formula is C21H24N2O5. The zero-order valence-electron chi connectivity index (χ0n) is 15.8. The average molecular weight is 384 g/mol. The van der Waals surface area contributed by atoms with Gasteiger partial charge in [-0.25, -0.2) is 4.79 Å². The van der Waals surface area contributed by atoms with Gasteiger partial charge >= 0.3 is 6.03 Å². The zero-order valence-corrected chi connectivity index (χ0v) is 15.8. The lowest BCUT2D eigenvalue weighted by molar-refractivity contribution is 0.0500. The lowest BCUT2D eigenvalue weighted by atomic mass is 9.73. The number of amides is 2. The number of benzene rings is 2. The van der Waals surface area contributed by atoms with Crippen molar-refractivity contribution in [1.82, 2.24) is 5.32 Å². The van der Waals surface area contributed by atoms with Crippen molar-refractivity contribution in [2.75, 3.05) is 39.0 Å². The topological polar surface area (TPSA) is 78.1 Å². The minimum atomic E-state index is -0.264. The third-order valence-electron chi connectivity index (χ3n) is 5.35. The second-order valence-corrected chi connectivity index (χ2v) is 6.97. The molecule has 1 saturated heterocycles. The van der Waals surface area contributed by atoms with Gasteiger partial charge in [-0.1, -0.05) is 18.2 Å². The molecule has 0 saturated carbocycles. The van der Waals surface area contributed by atoms with E-state index in [0.717, 1.165) is 24.2 Å².